The van der Waals surface area contributed by atoms with Crippen LogP contribution in [0.2, 0.25) is 0 Å². The molecule has 0 atom stereocenters. The predicted molar refractivity (Wildman–Crippen MR) is 100 cm³/mol. The molecule has 122 valence electrons. The van der Waals surface area contributed by atoms with Gasteiger partial charge >= 0.3 is 0 Å². The second-order valence-electron chi connectivity index (χ2n) is 6.44. The van der Waals surface area contributed by atoms with Crippen LogP contribution in [0.25, 0.3) is 33.1 Å². The number of nitrogen functional groups attached to an aromatic ring is 1. The Morgan fingerprint density at radius 3 is 2.92 bits per heavy atom. The van der Waals surface area contributed by atoms with Gasteiger partial charge in [0.05, 0.1) is 11.2 Å². The molecule has 5 heteroatoms. The van der Waals surface area contributed by atoms with Crippen molar-refractivity contribution in [3.63, 3.8) is 0 Å². The maximum Gasteiger partial charge on any atom is 0.152 e. The van der Waals surface area contributed by atoms with Crippen molar-refractivity contribution in [3.05, 3.63) is 60.2 Å². The molecule has 0 radical (unpaired) electrons. The first kappa shape index (κ1) is 14.2. The number of fused-ring (bicyclic) bond motifs is 4. The number of rotatable bonds is 1. The van der Waals surface area contributed by atoms with Crippen molar-refractivity contribution in [1.82, 2.24) is 19.6 Å². The van der Waals surface area contributed by atoms with E-state index in [1.54, 1.807) is 0 Å². The molecule has 5 rings (SSSR count). The summed E-state index contributed by atoms with van der Waals surface area (Å²) in [6.07, 6.45) is 7.70. The van der Waals surface area contributed by atoms with Gasteiger partial charge in [0.1, 0.15) is 11.8 Å². The molecule has 3 heterocycles. The first-order chi connectivity index (χ1) is 12.2. The SMILES string of the molecule is CC1=CCCc2c1c(-c1cnc3ccccc3c1)c1c(N)ncnn21. The molecule has 0 saturated heterocycles. The van der Waals surface area contributed by atoms with E-state index in [2.05, 4.69) is 40.2 Å². The molecule has 4 aromatic rings. The van der Waals surface area contributed by atoms with E-state index in [1.165, 1.54) is 23.2 Å². The molecule has 0 unspecified atom stereocenters. The van der Waals surface area contributed by atoms with Gasteiger partial charge in [-0.2, -0.15) is 5.10 Å². The summed E-state index contributed by atoms with van der Waals surface area (Å²) in [5.74, 6) is 0.500. The monoisotopic (exact) mass is 327 g/mol. The van der Waals surface area contributed by atoms with Crippen molar-refractivity contribution < 1.29 is 0 Å². The average Bonchev–Trinajstić information content (AvgIpc) is 2.99. The number of nitrogens with zero attached hydrogens (tertiary/aromatic N) is 4. The van der Waals surface area contributed by atoms with Gasteiger partial charge in [0.2, 0.25) is 0 Å². The Kier molecular flexibility index (Phi) is 2.91. The van der Waals surface area contributed by atoms with E-state index < -0.39 is 0 Å². The van der Waals surface area contributed by atoms with E-state index >= 15 is 0 Å². The number of pyridine rings is 1. The molecule has 0 bridgehead atoms. The summed E-state index contributed by atoms with van der Waals surface area (Å²) in [4.78, 5) is 8.87. The second-order valence-corrected chi connectivity index (χ2v) is 6.44. The molecule has 5 nitrogen and oxygen atoms in total. The Morgan fingerprint density at radius 1 is 1.12 bits per heavy atom. The van der Waals surface area contributed by atoms with E-state index in [0.717, 1.165) is 40.4 Å². The van der Waals surface area contributed by atoms with Crippen LogP contribution < -0.4 is 5.73 Å². The number of para-hydroxylation sites is 1. The van der Waals surface area contributed by atoms with E-state index in [9.17, 15) is 0 Å². The first-order valence-corrected chi connectivity index (χ1v) is 8.40. The Labute approximate surface area is 144 Å². The summed E-state index contributed by atoms with van der Waals surface area (Å²) >= 11 is 0. The van der Waals surface area contributed by atoms with Gasteiger partial charge in [-0.15, -0.1) is 0 Å². The molecule has 0 aliphatic heterocycles. The van der Waals surface area contributed by atoms with Gasteiger partial charge in [0.15, 0.2) is 5.82 Å². The lowest BCUT2D eigenvalue weighted by Crippen LogP contribution is -2.04. The number of aromatic nitrogens is 4. The third kappa shape index (κ3) is 1.99. The van der Waals surface area contributed by atoms with Crippen molar-refractivity contribution in [2.45, 2.75) is 19.8 Å². The maximum atomic E-state index is 6.25. The lowest BCUT2D eigenvalue weighted by Gasteiger charge is -2.13. The second kappa shape index (κ2) is 5.14. The normalized spacial score (nSPS) is 13.9. The van der Waals surface area contributed by atoms with Gasteiger partial charge in [0.25, 0.3) is 0 Å². The largest absolute Gasteiger partial charge is 0.382 e. The van der Waals surface area contributed by atoms with Crippen LogP contribution in [0, 0.1) is 0 Å². The van der Waals surface area contributed by atoms with Crippen LogP contribution in [0.5, 0.6) is 0 Å². The molecule has 0 saturated carbocycles. The zero-order valence-electron chi connectivity index (χ0n) is 13.9. The van der Waals surface area contributed by atoms with Gasteiger partial charge in [0, 0.05) is 28.3 Å². The third-order valence-electron chi connectivity index (χ3n) is 4.95. The van der Waals surface area contributed by atoms with Gasteiger partial charge in [-0.3, -0.25) is 4.98 Å². The number of allylic oxidation sites excluding steroid dienone is 2. The minimum absolute atomic E-state index is 0.500. The fourth-order valence-corrected chi connectivity index (χ4v) is 3.85. The molecule has 1 aliphatic carbocycles. The number of hydrogen-bond acceptors (Lipinski definition) is 4. The van der Waals surface area contributed by atoms with Gasteiger partial charge < -0.3 is 5.73 Å². The first-order valence-electron chi connectivity index (χ1n) is 8.40. The third-order valence-corrected chi connectivity index (χ3v) is 4.95. The molecule has 0 spiro atoms. The van der Waals surface area contributed by atoms with Crippen molar-refractivity contribution in [2.75, 3.05) is 5.73 Å². The minimum atomic E-state index is 0.500. The highest BCUT2D eigenvalue weighted by atomic mass is 15.3. The number of anilines is 1. The quantitative estimate of drug-likeness (QED) is 0.576. The Balaban J connectivity index is 1.92. The van der Waals surface area contributed by atoms with Crippen LogP contribution in [0.3, 0.4) is 0 Å². The Morgan fingerprint density at radius 2 is 2.00 bits per heavy atom. The average molecular weight is 327 g/mol. The lowest BCUT2D eigenvalue weighted by molar-refractivity contribution is 0.808. The summed E-state index contributed by atoms with van der Waals surface area (Å²) in [5.41, 5.74) is 13.9. The van der Waals surface area contributed by atoms with Gasteiger partial charge in [-0.1, -0.05) is 24.3 Å². The highest BCUT2D eigenvalue weighted by Gasteiger charge is 2.25. The molecular formula is C20H17N5. The Bertz CT molecular complexity index is 1170. The van der Waals surface area contributed by atoms with Crippen LogP contribution >= 0.6 is 0 Å². The molecule has 0 fully saturated rings. The summed E-state index contributed by atoms with van der Waals surface area (Å²) < 4.78 is 1.96. The fourth-order valence-electron chi connectivity index (χ4n) is 3.85. The van der Waals surface area contributed by atoms with Crippen LogP contribution in [-0.4, -0.2) is 19.6 Å². The summed E-state index contributed by atoms with van der Waals surface area (Å²) in [7, 11) is 0. The van der Waals surface area contributed by atoms with Crippen molar-refractivity contribution in [1.29, 1.82) is 0 Å². The van der Waals surface area contributed by atoms with E-state index in [0.29, 0.717) is 5.82 Å². The minimum Gasteiger partial charge on any atom is -0.382 e. The van der Waals surface area contributed by atoms with E-state index in [-0.39, 0.29) is 0 Å². The lowest BCUT2D eigenvalue weighted by atomic mass is 9.91. The van der Waals surface area contributed by atoms with Crippen molar-refractivity contribution in [2.24, 2.45) is 0 Å². The predicted octanol–water partition coefficient (Wildman–Crippen LogP) is 3.88. The number of hydrogen-bond donors (Lipinski definition) is 1. The number of aryl methyl sites for hydroxylation is 1. The molecule has 1 aromatic carbocycles. The molecular weight excluding hydrogens is 310 g/mol. The highest BCUT2D eigenvalue weighted by Crippen LogP contribution is 2.41. The van der Waals surface area contributed by atoms with E-state index in [4.69, 9.17) is 5.73 Å². The fraction of sp³-hybridized carbons (Fsp3) is 0.150. The van der Waals surface area contributed by atoms with Gasteiger partial charge in [-0.25, -0.2) is 9.50 Å². The molecule has 2 N–H and O–H groups in total. The smallest absolute Gasteiger partial charge is 0.152 e. The molecule has 1 aliphatic rings. The van der Waals surface area contributed by atoms with Crippen LogP contribution in [0.15, 0.2) is 48.9 Å². The van der Waals surface area contributed by atoms with Crippen molar-refractivity contribution >= 4 is 27.8 Å². The topological polar surface area (TPSA) is 69.1 Å². The zero-order valence-corrected chi connectivity index (χ0v) is 13.9. The molecule has 0 amide bonds. The summed E-state index contributed by atoms with van der Waals surface area (Å²) in [6.45, 7) is 2.15. The van der Waals surface area contributed by atoms with Crippen LogP contribution in [0.4, 0.5) is 5.82 Å². The number of benzene rings is 1. The molecule has 25 heavy (non-hydrogen) atoms. The summed E-state index contributed by atoms with van der Waals surface area (Å²) in [6, 6.07) is 10.3. The molecule has 3 aromatic heterocycles. The van der Waals surface area contributed by atoms with Crippen molar-refractivity contribution in [3.8, 4) is 11.1 Å². The Hall–Kier alpha value is -3.21. The summed E-state index contributed by atoms with van der Waals surface area (Å²) in [5, 5.41) is 5.59. The van der Waals surface area contributed by atoms with Crippen LogP contribution in [-0.2, 0) is 6.42 Å². The highest BCUT2D eigenvalue weighted by molar-refractivity contribution is 5.99. The van der Waals surface area contributed by atoms with Gasteiger partial charge in [-0.05, 0) is 37.5 Å². The maximum absolute atomic E-state index is 6.25. The standard InChI is InChI=1S/C20H17N5/c1-12-5-4-8-16-17(12)18(19-20(21)23-11-24-25(16)19)14-9-13-6-2-3-7-15(13)22-10-14/h2-3,5-7,9-11H,4,8H2,1H3,(H2,21,23,24). The number of nitrogens with two attached hydrogens (primary N) is 1. The van der Waals surface area contributed by atoms with E-state index in [1.807, 2.05) is 28.9 Å². The zero-order chi connectivity index (χ0) is 17.0. The van der Waals surface area contributed by atoms with Crippen LogP contribution in [0.1, 0.15) is 24.6 Å².